The molecule has 1 saturated carbocycles. The molecular weight excluding hydrogens is 206 g/mol. The lowest BCUT2D eigenvalue weighted by Crippen LogP contribution is -2.16. The van der Waals surface area contributed by atoms with E-state index in [1.807, 2.05) is 12.3 Å². The molecule has 0 radical (unpaired) electrons. The van der Waals surface area contributed by atoms with Crippen molar-refractivity contribution in [2.24, 2.45) is 5.92 Å². The highest BCUT2D eigenvalue weighted by molar-refractivity contribution is 6.20. The highest BCUT2D eigenvalue weighted by Gasteiger charge is 2.22. The summed E-state index contributed by atoms with van der Waals surface area (Å²) in [5, 5.41) is 0.356. The Morgan fingerprint density at radius 1 is 1.20 bits per heavy atom. The van der Waals surface area contributed by atoms with Crippen LogP contribution in [0.4, 0.5) is 0 Å². The summed E-state index contributed by atoms with van der Waals surface area (Å²) in [6.07, 6.45) is 9.35. The van der Waals surface area contributed by atoms with E-state index >= 15 is 0 Å². The smallest absolute Gasteiger partial charge is 0.0406 e. The molecule has 1 heterocycles. The van der Waals surface area contributed by atoms with E-state index in [-0.39, 0.29) is 0 Å². The molecule has 2 atom stereocenters. The van der Waals surface area contributed by atoms with E-state index in [0.29, 0.717) is 11.3 Å². The molecule has 1 aliphatic carbocycles. The lowest BCUT2D eigenvalue weighted by Gasteiger charge is -2.18. The van der Waals surface area contributed by atoms with E-state index in [0.717, 1.165) is 6.42 Å². The SMILES string of the molecule is ClC1CCCCCC1Cc1ccccn1. The van der Waals surface area contributed by atoms with Crippen molar-refractivity contribution in [1.29, 1.82) is 0 Å². The lowest BCUT2D eigenvalue weighted by molar-refractivity contribution is 0.460. The van der Waals surface area contributed by atoms with Gasteiger partial charge in [-0.1, -0.05) is 25.3 Å². The van der Waals surface area contributed by atoms with Crippen LogP contribution in [-0.2, 0) is 6.42 Å². The van der Waals surface area contributed by atoms with Crippen molar-refractivity contribution in [3.8, 4) is 0 Å². The summed E-state index contributed by atoms with van der Waals surface area (Å²) < 4.78 is 0. The van der Waals surface area contributed by atoms with E-state index < -0.39 is 0 Å². The number of nitrogens with zero attached hydrogens (tertiary/aromatic N) is 1. The van der Waals surface area contributed by atoms with Crippen molar-refractivity contribution >= 4 is 11.6 Å². The van der Waals surface area contributed by atoms with E-state index in [1.165, 1.54) is 37.8 Å². The fraction of sp³-hybridized carbons (Fsp3) is 0.615. The summed E-state index contributed by atoms with van der Waals surface area (Å²) in [6, 6.07) is 6.13. The predicted molar refractivity (Wildman–Crippen MR) is 64.2 cm³/mol. The molecule has 0 N–H and O–H groups in total. The van der Waals surface area contributed by atoms with Gasteiger partial charge in [-0.3, -0.25) is 4.98 Å². The third kappa shape index (κ3) is 3.20. The normalized spacial score (nSPS) is 27.3. The first-order valence-electron chi connectivity index (χ1n) is 5.90. The zero-order valence-electron chi connectivity index (χ0n) is 9.03. The van der Waals surface area contributed by atoms with Crippen LogP contribution in [0, 0.1) is 5.92 Å². The summed E-state index contributed by atoms with van der Waals surface area (Å²) in [6.45, 7) is 0. The van der Waals surface area contributed by atoms with Crippen LogP contribution in [0.1, 0.15) is 37.8 Å². The molecule has 2 heteroatoms. The zero-order chi connectivity index (χ0) is 10.5. The molecule has 1 aromatic heterocycles. The molecule has 1 aliphatic rings. The van der Waals surface area contributed by atoms with Crippen LogP contribution >= 0.6 is 11.6 Å². The van der Waals surface area contributed by atoms with Crippen LogP contribution in [0.3, 0.4) is 0 Å². The van der Waals surface area contributed by atoms with E-state index in [9.17, 15) is 0 Å². The maximum Gasteiger partial charge on any atom is 0.0406 e. The molecule has 82 valence electrons. The van der Waals surface area contributed by atoms with Gasteiger partial charge in [-0.2, -0.15) is 0 Å². The number of hydrogen-bond donors (Lipinski definition) is 0. The van der Waals surface area contributed by atoms with Crippen molar-refractivity contribution in [3.63, 3.8) is 0 Å². The molecule has 2 unspecified atom stereocenters. The first-order valence-corrected chi connectivity index (χ1v) is 6.34. The predicted octanol–water partition coefficient (Wildman–Crippen LogP) is 3.81. The molecule has 1 nitrogen and oxygen atoms in total. The monoisotopic (exact) mass is 223 g/mol. The van der Waals surface area contributed by atoms with Gasteiger partial charge in [0.25, 0.3) is 0 Å². The number of aromatic nitrogens is 1. The average molecular weight is 224 g/mol. The second-order valence-electron chi connectivity index (χ2n) is 4.44. The Morgan fingerprint density at radius 3 is 2.87 bits per heavy atom. The van der Waals surface area contributed by atoms with E-state index in [1.54, 1.807) is 0 Å². The van der Waals surface area contributed by atoms with Crippen LogP contribution in [-0.4, -0.2) is 10.4 Å². The Balaban J connectivity index is 1.97. The molecule has 0 aliphatic heterocycles. The van der Waals surface area contributed by atoms with Gasteiger partial charge in [0.2, 0.25) is 0 Å². The van der Waals surface area contributed by atoms with Crippen molar-refractivity contribution < 1.29 is 0 Å². The highest BCUT2D eigenvalue weighted by atomic mass is 35.5. The fourth-order valence-corrected chi connectivity index (χ4v) is 2.73. The zero-order valence-corrected chi connectivity index (χ0v) is 9.79. The van der Waals surface area contributed by atoms with Gasteiger partial charge in [0.05, 0.1) is 0 Å². The Hall–Kier alpha value is -0.560. The van der Waals surface area contributed by atoms with Crippen molar-refractivity contribution in [2.45, 2.75) is 43.9 Å². The molecule has 2 rings (SSSR count). The number of hydrogen-bond acceptors (Lipinski definition) is 1. The third-order valence-corrected chi connectivity index (χ3v) is 3.84. The summed E-state index contributed by atoms with van der Waals surface area (Å²) in [7, 11) is 0. The standard InChI is InChI=1S/C13H18ClN/c14-13-8-3-1-2-6-11(13)10-12-7-4-5-9-15-12/h4-5,7,9,11,13H,1-3,6,8,10H2. The number of pyridine rings is 1. The van der Waals surface area contributed by atoms with Gasteiger partial charge in [-0.15, -0.1) is 11.6 Å². The van der Waals surface area contributed by atoms with E-state index in [4.69, 9.17) is 11.6 Å². The van der Waals surface area contributed by atoms with Gasteiger partial charge < -0.3 is 0 Å². The molecule has 0 bridgehead atoms. The van der Waals surface area contributed by atoms with Crippen LogP contribution < -0.4 is 0 Å². The number of rotatable bonds is 2. The molecule has 1 aromatic rings. The van der Waals surface area contributed by atoms with Gasteiger partial charge in [-0.25, -0.2) is 0 Å². The first-order chi connectivity index (χ1) is 7.36. The van der Waals surface area contributed by atoms with Crippen LogP contribution in [0.25, 0.3) is 0 Å². The van der Waals surface area contributed by atoms with Crippen molar-refractivity contribution in [2.75, 3.05) is 0 Å². The quantitative estimate of drug-likeness (QED) is 0.549. The van der Waals surface area contributed by atoms with Gasteiger partial charge in [0.1, 0.15) is 0 Å². The van der Waals surface area contributed by atoms with Crippen LogP contribution in [0.5, 0.6) is 0 Å². The van der Waals surface area contributed by atoms with Crippen molar-refractivity contribution in [3.05, 3.63) is 30.1 Å². The number of halogens is 1. The lowest BCUT2D eigenvalue weighted by atomic mass is 9.94. The Bertz CT molecular complexity index is 286. The molecule has 15 heavy (non-hydrogen) atoms. The molecule has 1 fully saturated rings. The first kappa shape index (κ1) is 10.9. The van der Waals surface area contributed by atoms with Gasteiger partial charge in [0, 0.05) is 17.3 Å². The van der Waals surface area contributed by atoms with Gasteiger partial charge >= 0.3 is 0 Å². The molecule has 0 saturated heterocycles. The molecule has 0 spiro atoms. The average Bonchev–Trinajstić information content (AvgIpc) is 2.46. The second-order valence-corrected chi connectivity index (χ2v) is 5.00. The Labute approximate surface area is 96.9 Å². The fourth-order valence-electron chi connectivity index (χ4n) is 2.36. The third-order valence-electron chi connectivity index (χ3n) is 3.26. The maximum atomic E-state index is 6.41. The Morgan fingerprint density at radius 2 is 2.07 bits per heavy atom. The molecule has 0 aromatic carbocycles. The van der Waals surface area contributed by atoms with Crippen LogP contribution in [0.2, 0.25) is 0 Å². The minimum absolute atomic E-state index is 0.356. The van der Waals surface area contributed by atoms with Gasteiger partial charge in [0.15, 0.2) is 0 Å². The van der Waals surface area contributed by atoms with Crippen molar-refractivity contribution in [1.82, 2.24) is 4.98 Å². The summed E-state index contributed by atoms with van der Waals surface area (Å²) >= 11 is 6.41. The Kier molecular flexibility index (Phi) is 4.01. The van der Waals surface area contributed by atoms with E-state index in [2.05, 4.69) is 17.1 Å². The minimum Gasteiger partial charge on any atom is -0.261 e. The summed E-state index contributed by atoms with van der Waals surface area (Å²) in [4.78, 5) is 4.38. The minimum atomic E-state index is 0.356. The molecular formula is C13H18ClN. The highest BCUT2D eigenvalue weighted by Crippen LogP contribution is 2.29. The van der Waals surface area contributed by atoms with Crippen LogP contribution in [0.15, 0.2) is 24.4 Å². The summed E-state index contributed by atoms with van der Waals surface area (Å²) in [5.74, 6) is 0.629. The second kappa shape index (κ2) is 5.50. The van der Waals surface area contributed by atoms with Gasteiger partial charge in [-0.05, 0) is 37.3 Å². The largest absolute Gasteiger partial charge is 0.261 e. The topological polar surface area (TPSA) is 12.9 Å². The maximum absolute atomic E-state index is 6.41. The number of alkyl halides is 1. The molecule has 0 amide bonds. The summed E-state index contributed by atoms with van der Waals surface area (Å²) in [5.41, 5.74) is 1.19.